The summed E-state index contributed by atoms with van der Waals surface area (Å²) in [6.45, 7) is 9.05. The maximum atomic E-state index is 12.2. The van der Waals surface area contributed by atoms with Gasteiger partial charge in [0.25, 0.3) is 5.91 Å². The Morgan fingerprint density at radius 1 is 1.14 bits per heavy atom. The Morgan fingerprint density at radius 2 is 1.67 bits per heavy atom. The number of nitrogens with two attached hydrogens (primary N) is 1. The van der Waals surface area contributed by atoms with Gasteiger partial charge in [-0.25, -0.2) is 0 Å². The minimum atomic E-state index is -0.540. The molecule has 1 rings (SSSR count). The second-order valence-electron chi connectivity index (χ2n) is 5.31. The molecular weight excluding hydrogens is 266 g/mol. The van der Waals surface area contributed by atoms with E-state index in [0.717, 1.165) is 0 Å². The summed E-state index contributed by atoms with van der Waals surface area (Å²) in [6, 6.07) is 6.35. The number of anilines is 1. The molecule has 0 saturated carbocycles. The minimum absolute atomic E-state index is 0.00300. The second-order valence-corrected chi connectivity index (χ2v) is 5.31. The van der Waals surface area contributed by atoms with Gasteiger partial charge in [-0.05, 0) is 44.0 Å². The van der Waals surface area contributed by atoms with E-state index in [1.807, 2.05) is 27.7 Å². The van der Waals surface area contributed by atoms with Crippen molar-refractivity contribution in [2.45, 2.75) is 33.7 Å². The Balaban J connectivity index is 2.75. The van der Waals surface area contributed by atoms with Crippen LogP contribution in [0.15, 0.2) is 24.3 Å². The summed E-state index contributed by atoms with van der Waals surface area (Å²) in [6.07, 6.45) is 0. The van der Waals surface area contributed by atoms with Gasteiger partial charge in [0.05, 0.1) is 6.04 Å². The fourth-order valence-corrected chi connectivity index (χ4v) is 1.92. The molecule has 1 aromatic carbocycles. The third-order valence-corrected chi connectivity index (χ3v) is 3.47. The van der Waals surface area contributed by atoms with Crippen LogP contribution in [0.2, 0.25) is 0 Å². The fraction of sp³-hybridized carbons (Fsp3) is 0.500. The van der Waals surface area contributed by atoms with E-state index >= 15 is 0 Å². The Hall–Kier alpha value is -1.88. The lowest BCUT2D eigenvalue weighted by atomic mass is 10.0. The highest BCUT2D eigenvalue weighted by Gasteiger charge is 2.17. The van der Waals surface area contributed by atoms with Crippen LogP contribution in [0.5, 0.6) is 0 Å². The van der Waals surface area contributed by atoms with Crippen molar-refractivity contribution in [3.05, 3.63) is 29.8 Å². The van der Waals surface area contributed by atoms with E-state index in [4.69, 9.17) is 5.73 Å². The van der Waals surface area contributed by atoms with Crippen LogP contribution in [0.3, 0.4) is 0 Å². The molecule has 0 heterocycles. The highest BCUT2D eigenvalue weighted by Crippen LogP contribution is 2.12. The molecule has 5 nitrogen and oxygen atoms in total. The van der Waals surface area contributed by atoms with E-state index in [0.29, 0.717) is 24.3 Å². The second kappa shape index (κ2) is 7.78. The van der Waals surface area contributed by atoms with Gasteiger partial charge in [0, 0.05) is 24.3 Å². The Labute approximate surface area is 126 Å². The first-order chi connectivity index (χ1) is 9.90. The number of rotatable bonds is 6. The summed E-state index contributed by atoms with van der Waals surface area (Å²) in [5, 5.41) is 2.76. The molecule has 0 spiro atoms. The van der Waals surface area contributed by atoms with E-state index in [1.165, 1.54) is 0 Å². The molecular formula is C16H25N3O2. The third-order valence-electron chi connectivity index (χ3n) is 3.47. The summed E-state index contributed by atoms with van der Waals surface area (Å²) in [5.41, 5.74) is 7.05. The van der Waals surface area contributed by atoms with E-state index in [1.54, 1.807) is 29.2 Å². The number of benzene rings is 1. The largest absolute Gasteiger partial charge is 0.339 e. The van der Waals surface area contributed by atoms with Gasteiger partial charge in [0.2, 0.25) is 5.91 Å². The van der Waals surface area contributed by atoms with E-state index < -0.39 is 6.04 Å². The van der Waals surface area contributed by atoms with Gasteiger partial charge in [-0.3, -0.25) is 9.59 Å². The van der Waals surface area contributed by atoms with Crippen LogP contribution in [-0.2, 0) is 4.79 Å². The Bertz CT molecular complexity index is 479. The van der Waals surface area contributed by atoms with E-state index in [2.05, 4.69) is 5.32 Å². The highest BCUT2D eigenvalue weighted by molar-refractivity contribution is 5.97. The minimum Gasteiger partial charge on any atom is -0.339 e. The summed E-state index contributed by atoms with van der Waals surface area (Å²) in [5.74, 6) is -0.141. The van der Waals surface area contributed by atoms with Crippen LogP contribution >= 0.6 is 0 Å². The quantitative estimate of drug-likeness (QED) is 0.842. The van der Waals surface area contributed by atoms with Crippen molar-refractivity contribution in [2.75, 3.05) is 18.4 Å². The Morgan fingerprint density at radius 3 is 2.10 bits per heavy atom. The molecule has 0 fully saturated rings. The summed E-state index contributed by atoms with van der Waals surface area (Å²) < 4.78 is 0. The number of nitrogens with one attached hydrogen (secondary N) is 1. The van der Waals surface area contributed by atoms with Gasteiger partial charge in [-0.15, -0.1) is 0 Å². The molecule has 21 heavy (non-hydrogen) atoms. The molecule has 0 aliphatic rings. The van der Waals surface area contributed by atoms with Crippen LogP contribution in [0.25, 0.3) is 0 Å². The van der Waals surface area contributed by atoms with Gasteiger partial charge < -0.3 is 16.0 Å². The number of nitrogens with zero attached hydrogens (tertiary/aromatic N) is 1. The molecule has 5 heteroatoms. The molecule has 0 saturated heterocycles. The first-order valence-electron chi connectivity index (χ1n) is 7.36. The maximum absolute atomic E-state index is 12.2. The summed E-state index contributed by atoms with van der Waals surface area (Å²) in [7, 11) is 0. The molecule has 0 bridgehead atoms. The number of hydrogen-bond acceptors (Lipinski definition) is 3. The van der Waals surface area contributed by atoms with Crippen LogP contribution in [-0.4, -0.2) is 35.8 Å². The molecule has 0 aromatic heterocycles. The molecule has 116 valence electrons. The number of carbonyl (C=O) groups excluding carboxylic acids is 2. The number of hydrogen-bond donors (Lipinski definition) is 2. The van der Waals surface area contributed by atoms with Crippen LogP contribution in [0.1, 0.15) is 38.1 Å². The third kappa shape index (κ3) is 4.56. The molecule has 0 aliphatic heterocycles. The van der Waals surface area contributed by atoms with E-state index in [-0.39, 0.29) is 17.7 Å². The van der Waals surface area contributed by atoms with Crippen molar-refractivity contribution in [1.82, 2.24) is 4.90 Å². The van der Waals surface area contributed by atoms with Crippen molar-refractivity contribution in [1.29, 1.82) is 0 Å². The van der Waals surface area contributed by atoms with Gasteiger partial charge >= 0.3 is 0 Å². The predicted molar refractivity (Wildman–Crippen MR) is 85.1 cm³/mol. The molecule has 3 N–H and O–H groups in total. The molecule has 1 atom stereocenters. The van der Waals surface area contributed by atoms with Crippen molar-refractivity contribution in [3.8, 4) is 0 Å². The molecule has 0 radical (unpaired) electrons. The van der Waals surface area contributed by atoms with Gasteiger partial charge in [0.15, 0.2) is 0 Å². The normalized spacial score (nSPS) is 12.1. The standard InChI is InChI=1S/C16H25N3O2/c1-5-19(6-2)16(21)12-7-9-13(10-8-12)18-15(20)14(17)11(3)4/h7-11,14H,5-6,17H2,1-4H3,(H,18,20)/t14-/m0/s1. The van der Waals surface area contributed by atoms with Crippen molar-refractivity contribution in [2.24, 2.45) is 11.7 Å². The summed E-state index contributed by atoms with van der Waals surface area (Å²) >= 11 is 0. The molecule has 2 amide bonds. The highest BCUT2D eigenvalue weighted by atomic mass is 16.2. The van der Waals surface area contributed by atoms with Crippen molar-refractivity contribution < 1.29 is 9.59 Å². The monoisotopic (exact) mass is 291 g/mol. The maximum Gasteiger partial charge on any atom is 0.253 e. The molecule has 0 unspecified atom stereocenters. The zero-order chi connectivity index (χ0) is 16.0. The first-order valence-corrected chi connectivity index (χ1v) is 7.36. The van der Waals surface area contributed by atoms with E-state index in [9.17, 15) is 9.59 Å². The average molecular weight is 291 g/mol. The van der Waals surface area contributed by atoms with Gasteiger partial charge in [-0.2, -0.15) is 0 Å². The van der Waals surface area contributed by atoms with Crippen LogP contribution in [0.4, 0.5) is 5.69 Å². The predicted octanol–water partition coefficient (Wildman–Crippen LogP) is 2.09. The molecule has 1 aromatic rings. The number of carbonyl (C=O) groups is 2. The zero-order valence-corrected chi connectivity index (χ0v) is 13.2. The topological polar surface area (TPSA) is 75.4 Å². The molecule has 0 aliphatic carbocycles. The van der Waals surface area contributed by atoms with Crippen LogP contribution in [0, 0.1) is 5.92 Å². The first kappa shape index (κ1) is 17.2. The van der Waals surface area contributed by atoms with Crippen molar-refractivity contribution in [3.63, 3.8) is 0 Å². The lowest BCUT2D eigenvalue weighted by Gasteiger charge is -2.19. The average Bonchev–Trinajstić information content (AvgIpc) is 2.48. The SMILES string of the molecule is CCN(CC)C(=O)c1ccc(NC(=O)[C@@H](N)C(C)C)cc1. The Kier molecular flexibility index (Phi) is 6.37. The zero-order valence-electron chi connectivity index (χ0n) is 13.2. The van der Waals surface area contributed by atoms with Crippen molar-refractivity contribution >= 4 is 17.5 Å². The summed E-state index contributed by atoms with van der Waals surface area (Å²) in [4.78, 5) is 25.8. The van der Waals surface area contributed by atoms with Crippen LogP contribution < -0.4 is 11.1 Å². The lowest BCUT2D eigenvalue weighted by Crippen LogP contribution is -2.39. The lowest BCUT2D eigenvalue weighted by molar-refractivity contribution is -0.118. The number of amides is 2. The van der Waals surface area contributed by atoms with Gasteiger partial charge in [0.1, 0.15) is 0 Å². The smallest absolute Gasteiger partial charge is 0.253 e. The fourth-order valence-electron chi connectivity index (χ4n) is 1.92. The van der Waals surface area contributed by atoms with Gasteiger partial charge in [-0.1, -0.05) is 13.8 Å².